The number of rotatable bonds is 2. The van der Waals surface area contributed by atoms with Gasteiger partial charge in [0.2, 0.25) is 0 Å². The molecule has 1 heterocycles. The van der Waals surface area contributed by atoms with Gasteiger partial charge in [-0.15, -0.1) is 0 Å². The van der Waals surface area contributed by atoms with Gasteiger partial charge in [-0.25, -0.2) is 0 Å². The van der Waals surface area contributed by atoms with Crippen LogP contribution >= 0.6 is 11.5 Å². The van der Waals surface area contributed by atoms with Gasteiger partial charge in [-0.3, -0.25) is 0 Å². The van der Waals surface area contributed by atoms with Gasteiger partial charge in [0.05, 0.1) is 0 Å². The van der Waals surface area contributed by atoms with Crippen molar-refractivity contribution in [2.24, 2.45) is 5.73 Å². The summed E-state index contributed by atoms with van der Waals surface area (Å²) in [6, 6.07) is 0.308. The summed E-state index contributed by atoms with van der Waals surface area (Å²) in [6.07, 6.45) is 4.81. The summed E-state index contributed by atoms with van der Waals surface area (Å²) in [7, 11) is 0. The maximum atomic E-state index is 5.74. The zero-order chi connectivity index (χ0) is 8.39. The van der Waals surface area contributed by atoms with E-state index in [1.165, 1.54) is 17.9 Å². The summed E-state index contributed by atoms with van der Waals surface area (Å²) in [6.45, 7) is 0. The molecule has 1 saturated carbocycles. The average molecular weight is 185 g/mol. The molecule has 4 nitrogen and oxygen atoms in total. The summed E-state index contributed by atoms with van der Waals surface area (Å²) < 4.78 is 9.41. The topological polar surface area (TPSA) is 61.0 Å². The van der Waals surface area contributed by atoms with Crippen LogP contribution in [0.15, 0.2) is 6.33 Å². The molecule has 2 N–H and O–H groups in total. The lowest BCUT2D eigenvalue weighted by Crippen LogP contribution is -2.18. The Labute approximate surface area is 74.9 Å². The maximum absolute atomic E-state index is 5.74. The number of ether oxygens (including phenoxy) is 1. The predicted octanol–water partition coefficient (Wildman–Crippen LogP) is 0.797. The maximum Gasteiger partial charge on any atom is 0.293 e. The number of hydrogen-bond acceptors (Lipinski definition) is 5. The predicted molar refractivity (Wildman–Crippen MR) is 46.2 cm³/mol. The van der Waals surface area contributed by atoms with Gasteiger partial charge >= 0.3 is 0 Å². The number of aromatic nitrogens is 2. The van der Waals surface area contributed by atoms with E-state index in [-0.39, 0.29) is 6.10 Å². The number of nitrogens with zero attached hydrogens (tertiary/aromatic N) is 2. The van der Waals surface area contributed by atoms with E-state index in [9.17, 15) is 0 Å². The lowest BCUT2D eigenvalue weighted by molar-refractivity contribution is 0.207. The zero-order valence-electron chi connectivity index (χ0n) is 6.64. The SMILES string of the molecule is NC1CCC(Oc2ncns2)C1. The average Bonchev–Trinajstić information content (AvgIpc) is 2.63. The monoisotopic (exact) mass is 185 g/mol. The first-order valence-electron chi connectivity index (χ1n) is 4.03. The molecule has 66 valence electrons. The normalized spacial score (nSPS) is 29.1. The molecule has 2 unspecified atom stereocenters. The van der Waals surface area contributed by atoms with E-state index in [0.29, 0.717) is 11.2 Å². The second kappa shape index (κ2) is 3.37. The summed E-state index contributed by atoms with van der Waals surface area (Å²) in [5.41, 5.74) is 5.74. The molecule has 1 aliphatic carbocycles. The highest BCUT2D eigenvalue weighted by Gasteiger charge is 2.23. The van der Waals surface area contributed by atoms with Gasteiger partial charge in [-0.2, -0.15) is 9.36 Å². The molecule has 0 aromatic carbocycles. The van der Waals surface area contributed by atoms with Crippen molar-refractivity contribution in [1.82, 2.24) is 9.36 Å². The van der Waals surface area contributed by atoms with E-state index in [4.69, 9.17) is 10.5 Å². The van der Waals surface area contributed by atoms with Crippen LogP contribution < -0.4 is 10.5 Å². The Morgan fingerprint density at radius 3 is 3.08 bits per heavy atom. The molecule has 1 aromatic heterocycles. The van der Waals surface area contributed by atoms with Crippen molar-refractivity contribution >= 4 is 11.5 Å². The molecule has 12 heavy (non-hydrogen) atoms. The molecule has 0 saturated heterocycles. The van der Waals surface area contributed by atoms with Crippen molar-refractivity contribution in [2.75, 3.05) is 0 Å². The Bertz CT molecular complexity index is 239. The van der Waals surface area contributed by atoms with Crippen molar-refractivity contribution in [3.8, 4) is 5.19 Å². The molecule has 0 amide bonds. The van der Waals surface area contributed by atoms with Crippen LogP contribution in [-0.4, -0.2) is 21.5 Å². The lowest BCUT2D eigenvalue weighted by atomic mass is 10.3. The van der Waals surface area contributed by atoms with Gasteiger partial charge in [0.25, 0.3) is 5.19 Å². The molecule has 1 aliphatic rings. The Kier molecular flexibility index (Phi) is 2.23. The highest BCUT2D eigenvalue weighted by Crippen LogP contribution is 2.23. The minimum atomic E-state index is 0.257. The Balaban J connectivity index is 1.88. The van der Waals surface area contributed by atoms with E-state index in [0.717, 1.165) is 19.3 Å². The van der Waals surface area contributed by atoms with Crippen molar-refractivity contribution in [3.05, 3.63) is 6.33 Å². The zero-order valence-corrected chi connectivity index (χ0v) is 7.46. The fraction of sp³-hybridized carbons (Fsp3) is 0.714. The van der Waals surface area contributed by atoms with E-state index in [1.807, 2.05) is 0 Å². The summed E-state index contributed by atoms with van der Waals surface area (Å²) in [5.74, 6) is 0. The third-order valence-electron chi connectivity index (χ3n) is 2.03. The molecule has 1 fully saturated rings. The highest BCUT2D eigenvalue weighted by molar-refractivity contribution is 7.07. The third-order valence-corrected chi connectivity index (χ3v) is 2.59. The van der Waals surface area contributed by atoms with Crippen LogP contribution in [0.3, 0.4) is 0 Å². The Morgan fingerprint density at radius 1 is 1.58 bits per heavy atom. The Morgan fingerprint density at radius 2 is 2.50 bits per heavy atom. The van der Waals surface area contributed by atoms with Gasteiger partial charge in [-0.1, -0.05) is 0 Å². The first-order valence-corrected chi connectivity index (χ1v) is 4.81. The molecular formula is C7H11N3OS. The summed E-state index contributed by atoms with van der Waals surface area (Å²) >= 11 is 1.29. The van der Waals surface area contributed by atoms with E-state index >= 15 is 0 Å². The second-order valence-corrected chi connectivity index (χ2v) is 3.76. The smallest absolute Gasteiger partial charge is 0.293 e. The van der Waals surface area contributed by atoms with Crippen LogP contribution in [0.5, 0.6) is 5.19 Å². The summed E-state index contributed by atoms with van der Waals surface area (Å²) in [4.78, 5) is 3.95. The molecule has 0 bridgehead atoms. The fourth-order valence-electron chi connectivity index (χ4n) is 1.44. The Hall–Kier alpha value is -0.680. The lowest BCUT2D eigenvalue weighted by Gasteiger charge is -2.08. The van der Waals surface area contributed by atoms with Gasteiger partial charge in [0.1, 0.15) is 12.4 Å². The molecule has 0 spiro atoms. The quantitative estimate of drug-likeness (QED) is 0.740. The van der Waals surface area contributed by atoms with Crippen LogP contribution in [0.1, 0.15) is 19.3 Å². The summed E-state index contributed by atoms with van der Waals surface area (Å²) in [5, 5.41) is 0.661. The van der Waals surface area contributed by atoms with Gasteiger partial charge in [-0.05, 0) is 19.3 Å². The first-order chi connectivity index (χ1) is 5.84. The molecule has 0 radical (unpaired) electrons. The van der Waals surface area contributed by atoms with Gasteiger partial charge in [0.15, 0.2) is 0 Å². The molecule has 1 aromatic rings. The highest BCUT2D eigenvalue weighted by atomic mass is 32.1. The van der Waals surface area contributed by atoms with Gasteiger partial charge < -0.3 is 10.5 Å². The van der Waals surface area contributed by atoms with Crippen molar-refractivity contribution in [2.45, 2.75) is 31.4 Å². The van der Waals surface area contributed by atoms with Crippen molar-refractivity contribution < 1.29 is 4.74 Å². The standard InChI is InChI=1S/C7H11N3OS/c8-5-1-2-6(3-5)11-7-9-4-10-12-7/h4-6H,1-3,8H2. The molecule has 0 aliphatic heterocycles. The minimum absolute atomic E-state index is 0.257. The van der Waals surface area contributed by atoms with Crippen molar-refractivity contribution in [3.63, 3.8) is 0 Å². The third kappa shape index (κ3) is 1.73. The van der Waals surface area contributed by atoms with E-state index < -0.39 is 0 Å². The van der Waals surface area contributed by atoms with Crippen LogP contribution in [-0.2, 0) is 0 Å². The second-order valence-electron chi connectivity index (χ2n) is 3.02. The first kappa shape index (κ1) is 7.94. The van der Waals surface area contributed by atoms with Crippen LogP contribution in [0.2, 0.25) is 0 Å². The van der Waals surface area contributed by atoms with Crippen molar-refractivity contribution in [1.29, 1.82) is 0 Å². The van der Waals surface area contributed by atoms with E-state index in [2.05, 4.69) is 9.36 Å². The van der Waals surface area contributed by atoms with E-state index in [1.54, 1.807) is 0 Å². The number of nitrogens with two attached hydrogens (primary N) is 1. The molecule has 2 atom stereocenters. The minimum Gasteiger partial charge on any atom is -0.466 e. The largest absolute Gasteiger partial charge is 0.466 e. The van der Waals surface area contributed by atoms with Crippen LogP contribution in [0.4, 0.5) is 0 Å². The fourth-order valence-corrected chi connectivity index (χ4v) is 1.90. The van der Waals surface area contributed by atoms with Crippen LogP contribution in [0.25, 0.3) is 0 Å². The molecule has 5 heteroatoms. The van der Waals surface area contributed by atoms with Gasteiger partial charge in [0, 0.05) is 17.6 Å². The number of hydrogen-bond donors (Lipinski definition) is 1. The molecular weight excluding hydrogens is 174 g/mol. The molecule has 2 rings (SSSR count). The van der Waals surface area contributed by atoms with Crippen LogP contribution in [0, 0.1) is 0 Å².